The van der Waals surface area contributed by atoms with Gasteiger partial charge in [0.15, 0.2) is 0 Å². The minimum Gasteiger partial charge on any atom is -0.458 e. The fourth-order valence-electron chi connectivity index (χ4n) is 7.36. The first kappa shape index (κ1) is 16.1. The third-order valence-electron chi connectivity index (χ3n) is 8.61. The number of rotatable bonds is 1. The molecular weight excluding hydrogens is 312 g/mol. The molecule has 3 heteroatoms. The summed E-state index contributed by atoms with van der Waals surface area (Å²) >= 11 is 0. The lowest BCUT2D eigenvalue weighted by molar-refractivity contribution is -0.154. The predicted molar refractivity (Wildman–Crippen MR) is 95.8 cm³/mol. The van der Waals surface area contributed by atoms with Crippen LogP contribution in [0.1, 0.15) is 71.1 Å². The van der Waals surface area contributed by atoms with Crippen molar-refractivity contribution in [3.63, 3.8) is 0 Å². The first-order chi connectivity index (χ1) is 12.0. The second-order valence-electron chi connectivity index (χ2n) is 9.39. The fourth-order valence-corrected chi connectivity index (χ4v) is 7.36. The van der Waals surface area contributed by atoms with Crippen molar-refractivity contribution in [1.29, 1.82) is 0 Å². The third kappa shape index (κ3) is 2.11. The molecule has 4 aliphatic carbocycles. The van der Waals surface area contributed by atoms with Crippen LogP contribution in [-0.2, 0) is 9.53 Å². The Balaban J connectivity index is 1.49. The van der Waals surface area contributed by atoms with Gasteiger partial charge in [0.25, 0.3) is 0 Å². The molecule has 0 saturated heterocycles. The van der Waals surface area contributed by atoms with Gasteiger partial charge in [-0.1, -0.05) is 18.1 Å². The summed E-state index contributed by atoms with van der Waals surface area (Å²) in [5.41, 5.74) is 3.95. The van der Waals surface area contributed by atoms with Gasteiger partial charge in [-0.05, 0) is 87.5 Å². The van der Waals surface area contributed by atoms with Crippen molar-refractivity contribution in [1.82, 2.24) is 0 Å². The molecule has 0 amide bonds. The Morgan fingerprint density at radius 3 is 2.76 bits per heavy atom. The van der Waals surface area contributed by atoms with Gasteiger partial charge in [-0.15, -0.1) is 0 Å². The van der Waals surface area contributed by atoms with Crippen LogP contribution in [-0.4, -0.2) is 23.3 Å². The maximum atomic E-state index is 12.0. The van der Waals surface area contributed by atoms with Gasteiger partial charge in [0.2, 0.25) is 0 Å². The Kier molecular flexibility index (Phi) is 3.51. The van der Waals surface area contributed by atoms with Crippen molar-refractivity contribution in [3.8, 4) is 0 Å². The molecule has 1 N–H and O–H groups in total. The van der Waals surface area contributed by atoms with Crippen molar-refractivity contribution < 1.29 is 14.6 Å². The average Bonchev–Trinajstić information content (AvgIpc) is 3.15. The number of carbonyl (C=O) groups is 1. The van der Waals surface area contributed by atoms with Crippen LogP contribution in [0.5, 0.6) is 0 Å². The number of cyclic esters (lactones) is 1. The topological polar surface area (TPSA) is 46.5 Å². The molecule has 2 saturated carbocycles. The molecule has 136 valence electrons. The number of hydrogen-bond acceptors (Lipinski definition) is 3. The van der Waals surface area contributed by atoms with Crippen molar-refractivity contribution in [2.75, 3.05) is 6.61 Å². The molecule has 2 fully saturated rings. The molecule has 5 rings (SSSR count). The summed E-state index contributed by atoms with van der Waals surface area (Å²) < 4.78 is 5.19. The van der Waals surface area contributed by atoms with E-state index in [1.54, 1.807) is 17.2 Å². The number of hydrogen-bond donors (Lipinski definition) is 1. The third-order valence-corrected chi connectivity index (χ3v) is 8.61. The van der Waals surface area contributed by atoms with Crippen LogP contribution >= 0.6 is 0 Å². The zero-order valence-electron chi connectivity index (χ0n) is 15.4. The number of fused-ring (bicyclic) bond motifs is 4. The minimum absolute atomic E-state index is 0.0965. The van der Waals surface area contributed by atoms with Crippen LogP contribution < -0.4 is 0 Å². The molecule has 0 bridgehead atoms. The average molecular weight is 342 g/mol. The minimum atomic E-state index is -0.566. The molecule has 1 aliphatic heterocycles. The summed E-state index contributed by atoms with van der Waals surface area (Å²) in [6, 6.07) is 0. The first-order valence-electron chi connectivity index (χ1n) is 10.3. The van der Waals surface area contributed by atoms with E-state index < -0.39 is 5.60 Å². The number of carbonyl (C=O) groups excluding carboxylic acids is 1. The van der Waals surface area contributed by atoms with Crippen molar-refractivity contribution >= 4 is 5.97 Å². The van der Waals surface area contributed by atoms with Gasteiger partial charge in [0, 0.05) is 11.5 Å². The van der Waals surface area contributed by atoms with E-state index in [9.17, 15) is 9.90 Å². The molecule has 0 aromatic carbocycles. The lowest BCUT2D eigenvalue weighted by atomic mass is 9.50. The number of ether oxygens (including phenoxy) is 1. The summed E-state index contributed by atoms with van der Waals surface area (Å²) in [6.45, 7) is 2.74. The van der Waals surface area contributed by atoms with E-state index in [2.05, 4.69) is 6.92 Å². The van der Waals surface area contributed by atoms with Gasteiger partial charge < -0.3 is 9.84 Å². The van der Waals surface area contributed by atoms with Gasteiger partial charge in [-0.2, -0.15) is 0 Å². The van der Waals surface area contributed by atoms with E-state index in [0.29, 0.717) is 24.4 Å². The van der Waals surface area contributed by atoms with E-state index >= 15 is 0 Å². The lowest BCUT2D eigenvalue weighted by Gasteiger charge is -2.57. The number of allylic oxidation sites excluding steroid dienone is 2. The Morgan fingerprint density at radius 2 is 1.96 bits per heavy atom. The molecule has 0 aromatic rings. The highest BCUT2D eigenvalue weighted by Crippen LogP contribution is 2.66. The fraction of sp³-hybridized carbons (Fsp3) is 0.773. The lowest BCUT2D eigenvalue weighted by Crippen LogP contribution is -2.57. The molecule has 0 spiro atoms. The number of esters is 1. The highest BCUT2D eigenvalue weighted by Gasteiger charge is 2.64. The Hall–Kier alpha value is -1.09. The monoisotopic (exact) mass is 342 g/mol. The second-order valence-corrected chi connectivity index (χ2v) is 9.39. The van der Waals surface area contributed by atoms with E-state index in [0.717, 1.165) is 31.3 Å². The summed E-state index contributed by atoms with van der Waals surface area (Å²) in [4.78, 5) is 11.6. The van der Waals surface area contributed by atoms with E-state index in [1.807, 2.05) is 0 Å². The standard InChI is InChI=1S/C22H30O3/c1-21-10-8-17-16-5-3-2-4-14(16)6-7-19(17)22(21,24)11-9-18(21)15-12-20(23)25-13-15/h12,17-19,24H,2-11,13H2,1H3/t17-,18-,19-,21-,22+/m1/s1. The van der Waals surface area contributed by atoms with E-state index in [-0.39, 0.29) is 11.4 Å². The highest BCUT2D eigenvalue weighted by atomic mass is 16.5. The zero-order valence-corrected chi connectivity index (χ0v) is 15.4. The molecular formula is C22H30O3. The first-order valence-corrected chi connectivity index (χ1v) is 10.3. The Labute approximate surface area is 150 Å². The Morgan fingerprint density at radius 1 is 1.12 bits per heavy atom. The van der Waals surface area contributed by atoms with E-state index in [1.165, 1.54) is 38.5 Å². The van der Waals surface area contributed by atoms with Gasteiger partial charge in [-0.25, -0.2) is 4.79 Å². The van der Waals surface area contributed by atoms with Crippen LogP contribution in [0.3, 0.4) is 0 Å². The molecule has 1 heterocycles. The van der Waals surface area contributed by atoms with Gasteiger partial charge >= 0.3 is 5.97 Å². The van der Waals surface area contributed by atoms with Gasteiger partial charge in [-0.3, -0.25) is 0 Å². The molecule has 5 atom stereocenters. The zero-order chi connectivity index (χ0) is 17.2. The van der Waals surface area contributed by atoms with E-state index in [4.69, 9.17) is 4.74 Å². The summed E-state index contributed by atoms with van der Waals surface area (Å²) in [6.07, 6.45) is 13.6. The smallest absolute Gasteiger partial charge is 0.331 e. The Bertz CT molecular complexity index is 675. The maximum Gasteiger partial charge on any atom is 0.331 e. The summed E-state index contributed by atoms with van der Waals surface area (Å²) in [5, 5.41) is 12.0. The molecule has 25 heavy (non-hydrogen) atoms. The van der Waals surface area contributed by atoms with Crippen molar-refractivity contribution in [2.24, 2.45) is 23.2 Å². The van der Waals surface area contributed by atoms with Gasteiger partial charge in [0.1, 0.15) is 6.61 Å². The highest BCUT2D eigenvalue weighted by molar-refractivity contribution is 5.85. The normalized spacial score (nSPS) is 46.2. The summed E-state index contributed by atoms with van der Waals surface area (Å²) in [7, 11) is 0. The molecule has 5 aliphatic rings. The van der Waals surface area contributed by atoms with Crippen molar-refractivity contribution in [2.45, 2.75) is 76.7 Å². The van der Waals surface area contributed by atoms with Crippen molar-refractivity contribution in [3.05, 3.63) is 22.8 Å². The summed E-state index contributed by atoms with van der Waals surface area (Å²) in [5.74, 6) is 1.16. The molecule has 0 unspecified atom stereocenters. The predicted octanol–water partition coefficient (Wildman–Crippen LogP) is 4.31. The second kappa shape index (κ2) is 5.45. The maximum absolute atomic E-state index is 12.0. The SMILES string of the molecule is C[C@]12CC[C@@H]3C4=C(CCCC4)CC[C@H]3[C@@]1(O)CC[C@@H]2C1=CC(=O)OC1. The quantitative estimate of drug-likeness (QED) is 0.570. The van der Waals surface area contributed by atoms with Gasteiger partial charge in [0.05, 0.1) is 5.60 Å². The number of aliphatic hydroxyl groups is 1. The molecule has 0 aromatic heterocycles. The van der Waals surface area contributed by atoms with Crippen LogP contribution in [0.4, 0.5) is 0 Å². The van der Waals surface area contributed by atoms with Crippen LogP contribution in [0.25, 0.3) is 0 Å². The molecule has 3 nitrogen and oxygen atoms in total. The van der Waals surface area contributed by atoms with Crippen LogP contribution in [0.2, 0.25) is 0 Å². The largest absolute Gasteiger partial charge is 0.458 e. The molecule has 0 radical (unpaired) electrons. The van der Waals surface area contributed by atoms with Crippen LogP contribution in [0.15, 0.2) is 22.8 Å². The van der Waals surface area contributed by atoms with Crippen LogP contribution in [0, 0.1) is 23.2 Å².